The molecule has 2 aromatic rings. The second kappa shape index (κ2) is 4.53. The lowest BCUT2D eigenvalue weighted by Crippen LogP contribution is -2.19. The Labute approximate surface area is 113 Å². The molecule has 0 bridgehead atoms. The van der Waals surface area contributed by atoms with Crippen LogP contribution in [0.4, 0.5) is 0 Å². The standard InChI is InChI=1S/C13H22N4S/c1-6-13(4,5)8-16-11-10(14-12(16)18)9(3)15-17(11)7-2/h6-8H2,1-5H3,(H,14,18). The van der Waals surface area contributed by atoms with Gasteiger partial charge in [0.15, 0.2) is 10.4 Å². The number of nitrogens with zero attached hydrogens (tertiary/aromatic N) is 3. The average molecular weight is 266 g/mol. The Morgan fingerprint density at radius 3 is 2.56 bits per heavy atom. The van der Waals surface area contributed by atoms with Crippen molar-refractivity contribution in [1.29, 1.82) is 0 Å². The summed E-state index contributed by atoms with van der Waals surface area (Å²) in [5, 5.41) is 4.54. The van der Waals surface area contributed by atoms with Crippen molar-refractivity contribution in [3.8, 4) is 0 Å². The smallest absolute Gasteiger partial charge is 0.179 e. The lowest BCUT2D eigenvalue weighted by molar-refractivity contribution is 0.295. The van der Waals surface area contributed by atoms with Crippen LogP contribution >= 0.6 is 12.2 Å². The zero-order valence-corrected chi connectivity index (χ0v) is 12.7. The van der Waals surface area contributed by atoms with Crippen LogP contribution in [0.1, 0.15) is 39.8 Å². The van der Waals surface area contributed by atoms with Crippen molar-refractivity contribution in [3.63, 3.8) is 0 Å². The summed E-state index contributed by atoms with van der Waals surface area (Å²) < 4.78 is 5.02. The van der Waals surface area contributed by atoms with Gasteiger partial charge in [0, 0.05) is 13.1 Å². The molecule has 0 amide bonds. The molecule has 4 nitrogen and oxygen atoms in total. The molecular weight excluding hydrogens is 244 g/mol. The fourth-order valence-corrected chi connectivity index (χ4v) is 2.42. The fraction of sp³-hybridized carbons (Fsp3) is 0.692. The Morgan fingerprint density at radius 2 is 2.00 bits per heavy atom. The molecule has 100 valence electrons. The lowest BCUT2D eigenvalue weighted by Gasteiger charge is -2.23. The Morgan fingerprint density at radius 1 is 1.33 bits per heavy atom. The first kappa shape index (κ1) is 13.3. The van der Waals surface area contributed by atoms with Crippen LogP contribution < -0.4 is 0 Å². The van der Waals surface area contributed by atoms with Crippen molar-refractivity contribution in [3.05, 3.63) is 10.5 Å². The summed E-state index contributed by atoms with van der Waals surface area (Å²) in [7, 11) is 0. The first-order valence-corrected chi connectivity index (χ1v) is 6.96. The third kappa shape index (κ3) is 2.11. The van der Waals surface area contributed by atoms with E-state index in [1.54, 1.807) is 0 Å². The van der Waals surface area contributed by atoms with Crippen LogP contribution in [0.5, 0.6) is 0 Å². The van der Waals surface area contributed by atoms with Gasteiger partial charge in [0.1, 0.15) is 5.52 Å². The molecule has 0 saturated heterocycles. The number of hydrogen-bond acceptors (Lipinski definition) is 2. The van der Waals surface area contributed by atoms with Gasteiger partial charge in [-0.3, -0.25) is 0 Å². The third-order valence-corrected chi connectivity index (χ3v) is 4.00. The number of imidazole rings is 1. The molecule has 0 aliphatic heterocycles. The Bertz CT molecular complexity index is 615. The SMILES string of the molecule is CCn1nc(C)c2[nH]c(=S)n(CC(C)(C)CC)c21. The molecule has 1 N–H and O–H groups in total. The molecule has 2 aromatic heterocycles. The van der Waals surface area contributed by atoms with E-state index in [4.69, 9.17) is 12.2 Å². The maximum Gasteiger partial charge on any atom is 0.179 e. The van der Waals surface area contributed by atoms with Crippen LogP contribution in [-0.2, 0) is 13.1 Å². The highest BCUT2D eigenvalue weighted by Crippen LogP contribution is 2.26. The predicted molar refractivity (Wildman–Crippen MR) is 77.4 cm³/mol. The number of fused-ring (bicyclic) bond motifs is 1. The largest absolute Gasteiger partial charge is 0.328 e. The molecule has 0 unspecified atom stereocenters. The highest BCUT2D eigenvalue weighted by molar-refractivity contribution is 7.71. The molecule has 0 aromatic carbocycles. The van der Waals surface area contributed by atoms with E-state index in [0.29, 0.717) is 0 Å². The topological polar surface area (TPSA) is 38.5 Å². The van der Waals surface area contributed by atoms with E-state index in [-0.39, 0.29) is 5.41 Å². The zero-order chi connectivity index (χ0) is 13.5. The van der Waals surface area contributed by atoms with Crippen molar-refractivity contribution >= 4 is 23.4 Å². The van der Waals surface area contributed by atoms with Gasteiger partial charge in [-0.25, -0.2) is 4.68 Å². The predicted octanol–water partition coefficient (Wildman–Crippen LogP) is 3.66. The second-order valence-electron chi connectivity index (χ2n) is 5.63. The highest BCUT2D eigenvalue weighted by Gasteiger charge is 2.21. The van der Waals surface area contributed by atoms with Crippen LogP contribution in [0.25, 0.3) is 11.2 Å². The van der Waals surface area contributed by atoms with Gasteiger partial charge in [-0.15, -0.1) is 0 Å². The van der Waals surface area contributed by atoms with Crippen LogP contribution in [0, 0.1) is 17.1 Å². The van der Waals surface area contributed by atoms with Crippen LogP contribution in [0.15, 0.2) is 0 Å². The molecule has 0 aliphatic rings. The van der Waals surface area contributed by atoms with Gasteiger partial charge in [0.25, 0.3) is 0 Å². The van der Waals surface area contributed by atoms with Gasteiger partial charge in [-0.05, 0) is 37.9 Å². The Balaban J connectivity index is 2.62. The average Bonchev–Trinajstić information content (AvgIpc) is 2.79. The minimum Gasteiger partial charge on any atom is -0.328 e. The molecule has 2 rings (SSSR count). The molecule has 0 saturated carbocycles. The number of aromatic amines is 1. The number of rotatable bonds is 4. The molecule has 5 heteroatoms. The van der Waals surface area contributed by atoms with Crippen LogP contribution in [0.3, 0.4) is 0 Å². The minimum absolute atomic E-state index is 0.240. The Hall–Kier alpha value is -1.10. The molecule has 0 spiro atoms. The molecule has 0 fully saturated rings. The number of aromatic nitrogens is 4. The summed E-state index contributed by atoms with van der Waals surface area (Å²) >= 11 is 5.46. The number of aryl methyl sites for hydroxylation is 2. The molecule has 2 heterocycles. The monoisotopic (exact) mass is 266 g/mol. The summed E-state index contributed by atoms with van der Waals surface area (Å²) in [6.45, 7) is 12.7. The van der Waals surface area contributed by atoms with E-state index in [9.17, 15) is 0 Å². The summed E-state index contributed by atoms with van der Waals surface area (Å²) in [5.41, 5.74) is 3.46. The maximum absolute atomic E-state index is 5.46. The quantitative estimate of drug-likeness (QED) is 0.858. The van der Waals surface area contributed by atoms with E-state index in [1.807, 2.05) is 11.6 Å². The summed E-state index contributed by atoms with van der Waals surface area (Å²) in [5.74, 6) is 0. The first-order valence-electron chi connectivity index (χ1n) is 6.55. The van der Waals surface area contributed by atoms with E-state index < -0.39 is 0 Å². The molecule has 0 atom stereocenters. The van der Waals surface area contributed by atoms with E-state index in [0.717, 1.165) is 41.1 Å². The van der Waals surface area contributed by atoms with E-state index >= 15 is 0 Å². The van der Waals surface area contributed by atoms with Gasteiger partial charge in [-0.2, -0.15) is 5.10 Å². The molecule has 0 aliphatic carbocycles. The van der Waals surface area contributed by atoms with E-state index in [1.165, 1.54) is 0 Å². The number of hydrogen-bond donors (Lipinski definition) is 1. The summed E-state index contributed by atoms with van der Waals surface area (Å²) in [6, 6.07) is 0. The van der Waals surface area contributed by atoms with Crippen molar-refractivity contribution in [2.45, 2.75) is 54.1 Å². The number of nitrogens with one attached hydrogen (secondary N) is 1. The molecule has 18 heavy (non-hydrogen) atoms. The van der Waals surface area contributed by atoms with Gasteiger partial charge in [0.05, 0.1) is 5.69 Å². The molecular formula is C13H22N4S. The maximum atomic E-state index is 5.46. The highest BCUT2D eigenvalue weighted by atomic mass is 32.1. The van der Waals surface area contributed by atoms with Crippen molar-refractivity contribution in [2.24, 2.45) is 5.41 Å². The first-order chi connectivity index (χ1) is 8.39. The second-order valence-corrected chi connectivity index (χ2v) is 6.02. The summed E-state index contributed by atoms with van der Waals surface area (Å²) in [6.07, 6.45) is 1.13. The van der Waals surface area contributed by atoms with Crippen molar-refractivity contribution < 1.29 is 0 Å². The fourth-order valence-electron chi connectivity index (χ4n) is 2.17. The van der Waals surface area contributed by atoms with Gasteiger partial charge in [0.2, 0.25) is 0 Å². The van der Waals surface area contributed by atoms with Gasteiger partial charge >= 0.3 is 0 Å². The minimum atomic E-state index is 0.240. The normalized spacial score (nSPS) is 12.5. The van der Waals surface area contributed by atoms with Crippen molar-refractivity contribution in [1.82, 2.24) is 19.3 Å². The summed E-state index contributed by atoms with van der Waals surface area (Å²) in [4.78, 5) is 3.29. The van der Waals surface area contributed by atoms with Crippen molar-refractivity contribution in [2.75, 3.05) is 0 Å². The van der Waals surface area contributed by atoms with Gasteiger partial charge in [-0.1, -0.05) is 20.8 Å². The van der Waals surface area contributed by atoms with E-state index in [2.05, 4.69) is 42.3 Å². The van der Waals surface area contributed by atoms with Gasteiger partial charge < -0.3 is 9.55 Å². The molecule has 0 radical (unpaired) electrons. The van der Waals surface area contributed by atoms with Crippen LogP contribution in [-0.4, -0.2) is 19.3 Å². The number of H-pyrrole nitrogens is 1. The third-order valence-electron chi connectivity index (χ3n) is 3.68. The van der Waals surface area contributed by atoms with Crippen LogP contribution in [0.2, 0.25) is 0 Å². The Kier molecular flexibility index (Phi) is 3.36. The lowest BCUT2D eigenvalue weighted by atomic mass is 9.90. The zero-order valence-electron chi connectivity index (χ0n) is 11.9.